The molecule has 2 unspecified atom stereocenters. The van der Waals surface area contributed by atoms with Crippen molar-refractivity contribution >= 4 is 11.8 Å². The standard InChI is InChI=1S/C27H37N5O3/c1-19(33)31-12-9-21(10-13-31)23-6-7-26-29-25(18-32(26)16-23)27(35)28-14-24(34)17-30-11-8-20-4-2-3-5-22(20)15-30/h2-5,18,21,23-24,34H,6-17H2,1H3,(H,28,35). The molecular weight excluding hydrogens is 442 g/mol. The fraction of sp³-hybridized carbons (Fsp3) is 0.593. The summed E-state index contributed by atoms with van der Waals surface area (Å²) < 4.78 is 2.14. The number of nitrogens with one attached hydrogen (secondary N) is 1. The lowest BCUT2D eigenvalue weighted by molar-refractivity contribution is -0.130. The van der Waals surface area contributed by atoms with E-state index in [9.17, 15) is 14.7 Å². The third-order valence-electron chi connectivity index (χ3n) is 8.09. The molecule has 3 aliphatic rings. The van der Waals surface area contributed by atoms with Gasteiger partial charge in [0.25, 0.3) is 5.91 Å². The van der Waals surface area contributed by atoms with Gasteiger partial charge in [-0.1, -0.05) is 24.3 Å². The maximum Gasteiger partial charge on any atom is 0.271 e. The van der Waals surface area contributed by atoms with Crippen molar-refractivity contribution in [2.45, 2.75) is 58.2 Å². The minimum Gasteiger partial charge on any atom is -0.390 e. The van der Waals surface area contributed by atoms with E-state index in [1.54, 1.807) is 6.92 Å². The summed E-state index contributed by atoms with van der Waals surface area (Å²) >= 11 is 0. The summed E-state index contributed by atoms with van der Waals surface area (Å²) in [6, 6.07) is 8.46. The van der Waals surface area contributed by atoms with Gasteiger partial charge < -0.3 is 19.9 Å². The number of aliphatic hydroxyl groups is 1. The number of fused-ring (bicyclic) bond motifs is 2. The van der Waals surface area contributed by atoms with Gasteiger partial charge in [0.05, 0.1) is 6.10 Å². The zero-order valence-electron chi connectivity index (χ0n) is 20.7. The molecule has 0 aliphatic carbocycles. The highest BCUT2D eigenvalue weighted by Crippen LogP contribution is 2.32. The molecule has 0 bridgehead atoms. The third-order valence-corrected chi connectivity index (χ3v) is 8.09. The Labute approximate surface area is 207 Å². The van der Waals surface area contributed by atoms with Crippen LogP contribution in [-0.4, -0.2) is 75.1 Å². The van der Waals surface area contributed by atoms with Crippen molar-refractivity contribution in [1.82, 2.24) is 24.7 Å². The monoisotopic (exact) mass is 479 g/mol. The topological polar surface area (TPSA) is 90.7 Å². The molecule has 4 heterocycles. The van der Waals surface area contributed by atoms with Gasteiger partial charge in [-0.05, 0) is 48.6 Å². The molecule has 1 saturated heterocycles. The van der Waals surface area contributed by atoms with E-state index in [1.807, 2.05) is 11.1 Å². The molecule has 0 radical (unpaired) electrons. The molecule has 2 amide bonds. The average Bonchev–Trinajstić information content (AvgIpc) is 3.31. The number of amides is 2. The van der Waals surface area contributed by atoms with E-state index >= 15 is 0 Å². The van der Waals surface area contributed by atoms with E-state index in [1.165, 1.54) is 11.1 Å². The number of aromatic nitrogens is 2. The molecule has 0 spiro atoms. The van der Waals surface area contributed by atoms with E-state index in [4.69, 9.17) is 0 Å². The Balaban J connectivity index is 1.09. The summed E-state index contributed by atoms with van der Waals surface area (Å²) in [6.07, 6.45) is 6.32. The van der Waals surface area contributed by atoms with Crippen LogP contribution in [0.3, 0.4) is 0 Å². The number of imidazole rings is 1. The normalized spacial score (nSPS) is 21.8. The van der Waals surface area contributed by atoms with Crippen LogP contribution in [0, 0.1) is 11.8 Å². The highest BCUT2D eigenvalue weighted by atomic mass is 16.3. The summed E-state index contributed by atoms with van der Waals surface area (Å²) in [5.41, 5.74) is 3.14. The summed E-state index contributed by atoms with van der Waals surface area (Å²) in [6.45, 7) is 6.76. The maximum atomic E-state index is 12.8. The van der Waals surface area contributed by atoms with Crippen LogP contribution in [-0.2, 0) is 30.7 Å². The van der Waals surface area contributed by atoms with Gasteiger partial charge in [0.15, 0.2) is 0 Å². The number of benzene rings is 1. The van der Waals surface area contributed by atoms with Gasteiger partial charge in [-0.3, -0.25) is 14.5 Å². The first-order chi connectivity index (χ1) is 17.0. The Hall–Kier alpha value is -2.71. The number of carbonyl (C=O) groups is 2. The molecule has 2 atom stereocenters. The number of hydrogen-bond donors (Lipinski definition) is 2. The van der Waals surface area contributed by atoms with E-state index in [0.717, 1.165) is 70.7 Å². The molecular formula is C27H37N5O3. The zero-order chi connectivity index (χ0) is 24.4. The SMILES string of the molecule is CC(=O)N1CCC(C2CCc3nc(C(=O)NCC(O)CN4CCc5ccccc5C4)cn3C2)CC1. The van der Waals surface area contributed by atoms with Gasteiger partial charge in [0.1, 0.15) is 11.5 Å². The molecule has 35 heavy (non-hydrogen) atoms. The number of aryl methyl sites for hydroxylation is 1. The number of rotatable bonds is 6. The molecule has 1 aromatic heterocycles. The highest BCUT2D eigenvalue weighted by Gasteiger charge is 2.31. The molecule has 188 valence electrons. The van der Waals surface area contributed by atoms with Crippen LogP contribution in [0.25, 0.3) is 0 Å². The first-order valence-electron chi connectivity index (χ1n) is 13.0. The number of likely N-dealkylation sites (tertiary alicyclic amines) is 1. The minimum atomic E-state index is -0.619. The molecule has 8 heteroatoms. The van der Waals surface area contributed by atoms with E-state index in [-0.39, 0.29) is 18.4 Å². The second-order valence-corrected chi connectivity index (χ2v) is 10.5. The van der Waals surface area contributed by atoms with Crippen molar-refractivity contribution in [3.63, 3.8) is 0 Å². The molecule has 8 nitrogen and oxygen atoms in total. The summed E-state index contributed by atoms with van der Waals surface area (Å²) in [4.78, 5) is 33.1. The van der Waals surface area contributed by atoms with Gasteiger partial charge >= 0.3 is 0 Å². The lowest BCUT2D eigenvalue weighted by Gasteiger charge is -2.37. The quantitative estimate of drug-likeness (QED) is 0.660. The van der Waals surface area contributed by atoms with Crippen LogP contribution in [0.4, 0.5) is 0 Å². The molecule has 1 fully saturated rings. The highest BCUT2D eigenvalue weighted by molar-refractivity contribution is 5.92. The largest absolute Gasteiger partial charge is 0.390 e. The zero-order valence-corrected chi connectivity index (χ0v) is 20.7. The fourth-order valence-corrected chi connectivity index (χ4v) is 6.02. The first kappa shape index (κ1) is 24.0. The van der Waals surface area contributed by atoms with Gasteiger partial charge in [-0.2, -0.15) is 0 Å². The minimum absolute atomic E-state index is 0.172. The van der Waals surface area contributed by atoms with Crippen LogP contribution in [0.2, 0.25) is 0 Å². The molecule has 2 aromatic rings. The average molecular weight is 480 g/mol. The van der Waals surface area contributed by atoms with E-state index in [2.05, 4.69) is 44.0 Å². The van der Waals surface area contributed by atoms with E-state index < -0.39 is 6.10 Å². The molecule has 2 N–H and O–H groups in total. The fourth-order valence-electron chi connectivity index (χ4n) is 6.02. The maximum absolute atomic E-state index is 12.8. The van der Waals surface area contributed by atoms with Crippen molar-refractivity contribution < 1.29 is 14.7 Å². The number of aliphatic hydroxyl groups excluding tert-OH is 1. The van der Waals surface area contributed by atoms with Gasteiger partial charge in [-0.15, -0.1) is 0 Å². The predicted molar refractivity (Wildman–Crippen MR) is 133 cm³/mol. The second kappa shape index (κ2) is 10.5. The molecule has 5 rings (SSSR count). The molecule has 0 saturated carbocycles. The molecule has 1 aromatic carbocycles. The van der Waals surface area contributed by atoms with Crippen LogP contribution in [0.5, 0.6) is 0 Å². The summed E-state index contributed by atoms with van der Waals surface area (Å²) in [5.74, 6) is 2.11. The number of piperidine rings is 1. The second-order valence-electron chi connectivity index (χ2n) is 10.5. The van der Waals surface area contributed by atoms with Gasteiger partial charge in [0.2, 0.25) is 5.91 Å². The Morgan fingerprint density at radius 3 is 2.63 bits per heavy atom. The van der Waals surface area contributed by atoms with Crippen molar-refractivity contribution in [2.24, 2.45) is 11.8 Å². The Bertz CT molecular complexity index is 1060. The van der Waals surface area contributed by atoms with Crippen LogP contribution >= 0.6 is 0 Å². The van der Waals surface area contributed by atoms with Crippen LogP contribution < -0.4 is 5.32 Å². The predicted octanol–water partition coefficient (Wildman–Crippen LogP) is 1.85. The Morgan fingerprint density at radius 2 is 1.86 bits per heavy atom. The van der Waals surface area contributed by atoms with Crippen LogP contribution in [0.1, 0.15) is 53.6 Å². The first-order valence-corrected chi connectivity index (χ1v) is 13.0. The van der Waals surface area contributed by atoms with Gasteiger partial charge in [-0.25, -0.2) is 4.98 Å². The number of hydrogen-bond acceptors (Lipinski definition) is 5. The third kappa shape index (κ3) is 5.59. The molecule has 3 aliphatic heterocycles. The van der Waals surface area contributed by atoms with Crippen molar-refractivity contribution in [1.29, 1.82) is 0 Å². The Kier molecular flexibility index (Phi) is 7.20. The van der Waals surface area contributed by atoms with Crippen molar-refractivity contribution in [3.05, 3.63) is 53.1 Å². The lowest BCUT2D eigenvalue weighted by atomic mass is 9.80. The Morgan fingerprint density at radius 1 is 1.09 bits per heavy atom. The number of carbonyl (C=O) groups excluding carboxylic acids is 2. The summed E-state index contributed by atoms with van der Waals surface area (Å²) in [5, 5.41) is 13.4. The van der Waals surface area contributed by atoms with Crippen molar-refractivity contribution in [3.8, 4) is 0 Å². The van der Waals surface area contributed by atoms with Crippen LogP contribution in [0.15, 0.2) is 30.5 Å². The van der Waals surface area contributed by atoms with Gasteiger partial charge in [0, 0.05) is 65.4 Å². The summed E-state index contributed by atoms with van der Waals surface area (Å²) in [7, 11) is 0. The lowest BCUT2D eigenvalue weighted by Crippen LogP contribution is -2.42. The smallest absolute Gasteiger partial charge is 0.271 e. The number of β-amino-alcohol motifs (C(OH)–C–C–N with tert-alkyl or cyclic N) is 1. The van der Waals surface area contributed by atoms with E-state index in [0.29, 0.717) is 24.1 Å². The number of nitrogens with zero attached hydrogens (tertiary/aromatic N) is 4. The van der Waals surface area contributed by atoms with Crippen molar-refractivity contribution in [2.75, 3.05) is 32.7 Å².